The minimum absolute atomic E-state index is 0.140. The van der Waals surface area contributed by atoms with Crippen LogP contribution < -0.4 is 4.74 Å². The van der Waals surface area contributed by atoms with Crippen LogP contribution in [-0.4, -0.2) is 11.3 Å². The van der Waals surface area contributed by atoms with Gasteiger partial charge in [0, 0.05) is 10.9 Å². The van der Waals surface area contributed by atoms with Gasteiger partial charge in [-0.25, -0.2) is 13.8 Å². The summed E-state index contributed by atoms with van der Waals surface area (Å²) in [6.07, 6.45) is -8.50. The molecule has 0 aliphatic carbocycles. The van der Waals surface area contributed by atoms with Crippen molar-refractivity contribution in [1.82, 2.24) is 4.98 Å². The molecule has 19 heavy (non-hydrogen) atoms. The Balaban J connectivity index is 3.36. The van der Waals surface area contributed by atoms with Crippen molar-refractivity contribution in [3.8, 4) is 11.8 Å². The molecule has 0 aliphatic rings. The Morgan fingerprint density at radius 1 is 1.42 bits per heavy atom. The van der Waals surface area contributed by atoms with Crippen molar-refractivity contribution in [3.05, 3.63) is 23.0 Å². The fourth-order valence-corrected chi connectivity index (χ4v) is 1.73. The molecule has 1 aromatic heterocycles. The highest BCUT2D eigenvalue weighted by Gasteiger charge is 2.34. The third kappa shape index (κ3) is 4.31. The molecule has 9 heteroatoms. The molecule has 1 aromatic rings. The molecule has 1 heterocycles. The van der Waals surface area contributed by atoms with Crippen LogP contribution in [-0.2, 0) is 11.8 Å². The number of alkyl halides is 6. The number of hydrogen-bond acceptors (Lipinski definition) is 3. The second-order valence-corrected chi connectivity index (χ2v) is 3.86. The maximum absolute atomic E-state index is 12.5. The highest BCUT2D eigenvalue weighted by atomic mass is 79.9. The molecule has 0 saturated carbocycles. The molecule has 3 nitrogen and oxygen atoms in total. The van der Waals surface area contributed by atoms with Crippen LogP contribution in [0.15, 0.2) is 6.07 Å². The molecule has 0 aliphatic heterocycles. The molecule has 0 bridgehead atoms. The smallest absolute Gasteiger partial charge is 0.403 e. The van der Waals surface area contributed by atoms with E-state index in [9.17, 15) is 22.0 Å². The molecule has 0 unspecified atom stereocenters. The lowest BCUT2D eigenvalue weighted by molar-refractivity contribution is -0.275. The van der Waals surface area contributed by atoms with E-state index in [1.165, 1.54) is 0 Å². The zero-order valence-electron chi connectivity index (χ0n) is 9.14. The first kappa shape index (κ1) is 15.6. The minimum Gasteiger partial charge on any atom is -0.403 e. The van der Waals surface area contributed by atoms with Gasteiger partial charge in [0.05, 0.1) is 18.2 Å². The van der Waals surface area contributed by atoms with Gasteiger partial charge in [-0.1, -0.05) is 15.9 Å². The number of halogens is 6. The lowest BCUT2D eigenvalue weighted by Gasteiger charge is -2.16. The maximum Gasteiger partial charge on any atom is 0.573 e. The van der Waals surface area contributed by atoms with Gasteiger partial charge < -0.3 is 4.74 Å². The third-order valence-corrected chi connectivity index (χ3v) is 2.58. The summed E-state index contributed by atoms with van der Waals surface area (Å²) in [6.45, 7) is 0. The van der Waals surface area contributed by atoms with Crippen molar-refractivity contribution >= 4 is 15.9 Å². The number of aromatic nitrogens is 1. The quantitative estimate of drug-likeness (QED) is 0.615. The summed E-state index contributed by atoms with van der Waals surface area (Å²) in [5, 5.41) is 8.37. The maximum atomic E-state index is 12.5. The zero-order valence-corrected chi connectivity index (χ0v) is 10.7. The topological polar surface area (TPSA) is 45.9 Å². The minimum atomic E-state index is -4.99. The van der Waals surface area contributed by atoms with Crippen molar-refractivity contribution < 1.29 is 26.7 Å². The molecule has 0 amide bonds. The molecule has 1 rings (SSSR count). The largest absolute Gasteiger partial charge is 0.573 e. The summed E-state index contributed by atoms with van der Waals surface area (Å²) in [5.41, 5.74) is -1.31. The van der Waals surface area contributed by atoms with Crippen LogP contribution in [0.25, 0.3) is 0 Å². The fourth-order valence-electron chi connectivity index (χ4n) is 1.31. The van der Waals surface area contributed by atoms with Gasteiger partial charge >= 0.3 is 6.36 Å². The van der Waals surface area contributed by atoms with Crippen molar-refractivity contribution in [3.63, 3.8) is 0 Å². The molecule has 0 aromatic carbocycles. The third-order valence-electron chi connectivity index (χ3n) is 1.97. The Kier molecular flexibility index (Phi) is 5.05. The highest BCUT2D eigenvalue weighted by Crippen LogP contribution is 2.33. The van der Waals surface area contributed by atoms with Gasteiger partial charge in [0.15, 0.2) is 5.75 Å². The molecule has 0 fully saturated rings. The van der Waals surface area contributed by atoms with E-state index in [0.29, 0.717) is 0 Å². The van der Waals surface area contributed by atoms with Crippen LogP contribution in [0.5, 0.6) is 5.75 Å². The van der Waals surface area contributed by atoms with E-state index in [2.05, 4.69) is 25.7 Å². The van der Waals surface area contributed by atoms with Gasteiger partial charge in [0.25, 0.3) is 6.43 Å². The monoisotopic (exact) mass is 344 g/mol. The normalized spacial score (nSPS) is 11.5. The lowest BCUT2D eigenvalue weighted by atomic mass is 10.1. The molecule has 0 radical (unpaired) electrons. The molecule has 104 valence electrons. The number of nitriles is 1. The molecule has 0 atom stereocenters. The highest BCUT2D eigenvalue weighted by molar-refractivity contribution is 9.08. The van der Waals surface area contributed by atoms with E-state index in [1.807, 2.05) is 0 Å². The summed E-state index contributed by atoms with van der Waals surface area (Å²) < 4.78 is 65.6. The van der Waals surface area contributed by atoms with Crippen LogP contribution in [0, 0.1) is 11.3 Å². The Morgan fingerprint density at radius 3 is 2.47 bits per heavy atom. The van der Waals surface area contributed by atoms with E-state index in [0.717, 1.165) is 6.07 Å². The summed E-state index contributed by atoms with van der Waals surface area (Å²) in [6, 6.07) is 2.36. The van der Waals surface area contributed by atoms with Crippen LogP contribution in [0.1, 0.15) is 23.4 Å². The molecular weight excluding hydrogens is 339 g/mol. The molecule has 0 saturated heterocycles. The van der Waals surface area contributed by atoms with Crippen LogP contribution in [0.3, 0.4) is 0 Å². The Hall–Kier alpha value is -1.43. The van der Waals surface area contributed by atoms with Gasteiger partial charge in [-0.05, 0) is 6.07 Å². The number of ether oxygens (including phenoxy) is 1. The van der Waals surface area contributed by atoms with Crippen LogP contribution >= 0.6 is 15.9 Å². The van der Waals surface area contributed by atoms with E-state index in [-0.39, 0.29) is 10.9 Å². The first-order chi connectivity index (χ1) is 8.78. The number of hydrogen-bond donors (Lipinski definition) is 0. The predicted octanol–water partition coefficient (Wildman–Crippen LogP) is 3.88. The van der Waals surface area contributed by atoms with Crippen LogP contribution in [0.2, 0.25) is 0 Å². The van der Waals surface area contributed by atoms with E-state index >= 15 is 0 Å². The van der Waals surface area contributed by atoms with Gasteiger partial charge in [-0.3, -0.25) is 0 Å². The standard InChI is InChI=1S/C10H6BrF5N2O/c11-4-5-3-7(9(12)13)18-6(1-2-17)8(5)19-10(14,15)16/h3,9H,1,4H2. The molecular formula is C10H6BrF5N2O. The van der Waals surface area contributed by atoms with Gasteiger partial charge in [-0.2, -0.15) is 5.26 Å². The number of pyridine rings is 1. The van der Waals surface area contributed by atoms with Crippen LogP contribution in [0.4, 0.5) is 22.0 Å². The first-order valence-corrected chi connectivity index (χ1v) is 5.90. The van der Waals surface area contributed by atoms with Crippen molar-refractivity contribution in [2.45, 2.75) is 24.5 Å². The summed E-state index contributed by atoms with van der Waals surface area (Å²) in [4.78, 5) is 3.34. The second kappa shape index (κ2) is 6.14. The first-order valence-electron chi connectivity index (χ1n) is 4.78. The molecule has 0 N–H and O–H groups in total. The van der Waals surface area contributed by atoms with Crippen molar-refractivity contribution in [2.24, 2.45) is 0 Å². The number of rotatable bonds is 4. The lowest BCUT2D eigenvalue weighted by Crippen LogP contribution is -2.20. The average molecular weight is 345 g/mol. The SMILES string of the molecule is N#CCc1nc(C(F)F)cc(CBr)c1OC(F)(F)F. The summed E-state index contributed by atoms with van der Waals surface area (Å²) in [5.74, 6) is -0.713. The predicted molar refractivity (Wildman–Crippen MR) is 57.8 cm³/mol. The van der Waals surface area contributed by atoms with E-state index in [1.54, 1.807) is 6.07 Å². The van der Waals surface area contributed by atoms with Crippen molar-refractivity contribution in [2.75, 3.05) is 0 Å². The zero-order chi connectivity index (χ0) is 14.6. The molecule has 0 spiro atoms. The van der Waals surface area contributed by atoms with Crippen molar-refractivity contribution in [1.29, 1.82) is 5.26 Å². The Morgan fingerprint density at radius 2 is 2.05 bits per heavy atom. The second-order valence-electron chi connectivity index (χ2n) is 3.30. The van der Waals surface area contributed by atoms with E-state index in [4.69, 9.17) is 5.26 Å². The average Bonchev–Trinajstić information content (AvgIpc) is 2.29. The number of nitrogens with zero attached hydrogens (tertiary/aromatic N) is 2. The Labute approximate surface area is 113 Å². The summed E-state index contributed by atoms with van der Waals surface area (Å²) in [7, 11) is 0. The van der Waals surface area contributed by atoms with E-state index < -0.39 is 36.3 Å². The van der Waals surface area contributed by atoms with Gasteiger partial charge in [-0.15, -0.1) is 13.2 Å². The van der Waals surface area contributed by atoms with Gasteiger partial charge in [0.2, 0.25) is 0 Å². The Bertz CT molecular complexity index is 498. The fraction of sp³-hybridized carbons (Fsp3) is 0.400. The van der Waals surface area contributed by atoms with Gasteiger partial charge in [0.1, 0.15) is 5.69 Å². The summed E-state index contributed by atoms with van der Waals surface area (Å²) >= 11 is 2.88.